The molecule has 0 radical (unpaired) electrons. The van der Waals surface area contributed by atoms with Crippen molar-refractivity contribution in [2.75, 3.05) is 0 Å². The van der Waals surface area contributed by atoms with Crippen LogP contribution in [0.25, 0.3) is 10.8 Å². The molecule has 0 amide bonds. The lowest BCUT2D eigenvalue weighted by Crippen LogP contribution is -1.87. The Bertz CT molecular complexity index is 510. The van der Waals surface area contributed by atoms with Gasteiger partial charge in [-0.15, -0.1) is 0 Å². The van der Waals surface area contributed by atoms with E-state index in [0.717, 1.165) is 10.8 Å². The molecular weight excluding hydrogens is 220 g/mol. The van der Waals surface area contributed by atoms with Crippen LogP contribution in [0.1, 0.15) is 0 Å². The largest absolute Gasteiger partial charge is 0.302 e. The van der Waals surface area contributed by atoms with Crippen molar-refractivity contribution < 1.29 is 8.76 Å². The molecule has 72 valence electrons. The van der Waals surface area contributed by atoms with Crippen LogP contribution in [0.5, 0.6) is 0 Å². The summed E-state index contributed by atoms with van der Waals surface area (Å²) in [6.45, 7) is 0. The van der Waals surface area contributed by atoms with Crippen LogP contribution in [0, 0.1) is 0 Å². The number of benzene rings is 2. The molecule has 0 saturated carbocycles. The Hall–Kier alpha value is -0.900. The Morgan fingerprint density at radius 2 is 1.79 bits per heavy atom. The molecule has 0 bridgehead atoms. The fourth-order valence-electron chi connectivity index (χ4n) is 1.30. The second kappa shape index (κ2) is 3.69. The molecule has 2 aromatic rings. The average molecular weight is 227 g/mol. The summed E-state index contributed by atoms with van der Waals surface area (Å²) in [6, 6.07) is 10.5. The van der Waals surface area contributed by atoms with Crippen molar-refractivity contribution in [3.8, 4) is 0 Å². The zero-order chi connectivity index (χ0) is 10.1. The number of hydrogen-bond donors (Lipinski definition) is 1. The third-order valence-electron chi connectivity index (χ3n) is 1.98. The molecule has 1 N–H and O–H groups in total. The molecular formula is C10H7ClO2S. The summed E-state index contributed by atoms with van der Waals surface area (Å²) in [4.78, 5) is 0.389. The van der Waals surface area contributed by atoms with Crippen molar-refractivity contribution in [1.82, 2.24) is 0 Å². The first-order valence-corrected chi connectivity index (χ1v) is 5.45. The first-order valence-electron chi connectivity index (χ1n) is 3.97. The van der Waals surface area contributed by atoms with E-state index in [0.29, 0.717) is 9.92 Å². The van der Waals surface area contributed by atoms with E-state index in [1.165, 1.54) is 0 Å². The van der Waals surface area contributed by atoms with Gasteiger partial charge in [0.25, 0.3) is 0 Å². The Morgan fingerprint density at radius 3 is 2.50 bits per heavy atom. The monoisotopic (exact) mass is 226 g/mol. The molecule has 0 saturated heterocycles. The summed E-state index contributed by atoms with van der Waals surface area (Å²) in [5, 5.41) is 2.50. The van der Waals surface area contributed by atoms with Crippen LogP contribution in [0.4, 0.5) is 0 Å². The van der Waals surface area contributed by atoms with Crippen molar-refractivity contribution >= 4 is 33.5 Å². The molecule has 0 aliphatic carbocycles. The quantitative estimate of drug-likeness (QED) is 0.759. The molecule has 2 nitrogen and oxygen atoms in total. The Kier molecular flexibility index (Phi) is 2.54. The summed E-state index contributed by atoms with van der Waals surface area (Å²) in [5.74, 6) is 0. The minimum absolute atomic E-state index is 0.389. The summed E-state index contributed by atoms with van der Waals surface area (Å²) >= 11 is 3.88. The number of rotatable bonds is 1. The van der Waals surface area contributed by atoms with Gasteiger partial charge >= 0.3 is 0 Å². The highest BCUT2D eigenvalue weighted by Gasteiger charge is 2.01. The minimum Gasteiger partial charge on any atom is -0.302 e. The van der Waals surface area contributed by atoms with E-state index in [4.69, 9.17) is 16.2 Å². The average Bonchev–Trinajstić information content (AvgIpc) is 2.16. The van der Waals surface area contributed by atoms with Crippen molar-refractivity contribution in [3.63, 3.8) is 0 Å². The number of fused-ring (bicyclic) bond motifs is 1. The molecule has 4 heteroatoms. The second-order valence-corrected chi connectivity index (χ2v) is 4.31. The van der Waals surface area contributed by atoms with Crippen LogP contribution in [0.3, 0.4) is 0 Å². The molecule has 2 aromatic carbocycles. The maximum Gasteiger partial charge on any atom is 0.186 e. The summed E-state index contributed by atoms with van der Waals surface area (Å²) in [7, 11) is 0. The van der Waals surface area contributed by atoms with Gasteiger partial charge in [-0.05, 0) is 35.0 Å². The molecule has 2 rings (SSSR count). The van der Waals surface area contributed by atoms with Gasteiger partial charge in [-0.2, -0.15) is 0 Å². The topological polar surface area (TPSA) is 37.3 Å². The van der Waals surface area contributed by atoms with Gasteiger partial charge in [0.1, 0.15) is 0 Å². The maximum absolute atomic E-state index is 10.8. The Morgan fingerprint density at radius 1 is 1.07 bits per heavy atom. The third-order valence-corrected chi connectivity index (χ3v) is 2.87. The van der Waals surface area contributed by atoms with Crippen molar-refractivity contribution in [2.45, 2.75) is 4.90 Å². The zero-order valence-electron chi connectivity index (χ0n) is 7.11. The summed E-state index contributed by atoms with van der Waals surface area (Å²) in [6.07, 6.45) is 0. The Labute approximate surface area is 88.8 Å². The first-order chi connectivity index (χ1) is 6.66. The van der Waals surface area contributed by atoms with Crippen LogP contribution in [0.15, 0.2) is 41.3 Å². The van der Waals surface area contributed by atoms with Gasteiger partial charge in [-0.1, -0.05) is 23.7 Å². The highest BCUT2D eigenvalue weighted by atomic mass is 35.5. The lowest BCUT2D eigenvalue weighted by atomic mass is 10.1. The Balaban J connectivity index is 2.69. The van der Waals surface area contributed by atoms with E-state index in [1.54, 1.807) is 30.3 Å². The van der Waals surface area contributed by atoms with Gasteiger partial charge in [0.2, 0.25) is 0 Å². The van der Waals surface area contributed by atoms with Crippen molar-refractivity contribution in [3.05, 3.63) is 41.4 Å². The fraction of sp³-hybridized carbons (Fsp3) is 0. The van der Waals surface area contributed by atoms with Crippen LogP contribution in [-0.4, -0.2) is 8.76 Å². The van der Waals surface area contributed by atoms with Crippen molar-refractivity contribution in [1.29, 1.82) is 0 Å². The highest BCUT2D eigenvalue weighted by molar-refractivity contribution is 7.79. The molecule has 1 atom stereocenters. The van der Waals surface area contributed by atoms with Crippen LogP contribution in [0.2, 0.25) is 5.02 Å². The minimum atomic E-state index is -1.93. The SMILES string of the molecule is O=S(O)c1ccc2ccc(Cl)cc2c1. The lowest BCUT2D eigenvalue weighted by Gasteiger charge is -2.00. The van der Waals surface area contributed by atoms with Gasteiger partial charge in [0.05, 0.1) is 4.90 Å². The van der Waals surface area contributed by atoms with E-state index < -0.39 is 11.1 Å². The van der Waals surface area contributed by atoms with Gasteiger partial charge < -0.3 is 4.55 Å². The molecule has 14 heavy (non-hydrogen) atoms. The van der Waals surface area contributed by atoms with Crippen LogP contribution >= 0.6 is 11.6 Å². The van der Waals surface area contributed by atoms with Gasteiger partial charge in [0, 0.05) is 5.02 Å². The molecule has 1 unspecified atom stereocenters. The molecule has 0 aliphatic heterocycles. The van der Waals surface area contributed by atoms with Gasteiger partial charge in [0.15, 0.2) is 11.1 Å². The summed E-state index contributed by atoms with van der Waals surface area (Å²) in [5.41, 5.74) is 0. The molecule has 0 spiro atoms. The van der Waals surface area contributed by atoms with Gasteiger partial charge in [-0.25, -0.2) is 4.21 Å². The maximum atomic E-state index is 10.8. The van der Waals surface area contributed by atoms with Crippen LogP contribution in [-0.2, 0) is 11.1 Å². The number of halogens is 1. The fourth-order valence-corrected chi connectivity index (χ4v) is 1.90. The van der Waals surface area contributed by atoms with E-state index in [1.807, 2.05) is 6.07 Å². The molecule has 0 aromatic heterocycles. The predicted molar refractivity (Wildman–Crippen MR) is 58.0 cm³/mol. The zero-order valence-corrected chi connectivity index (χ0v) is 8.68. The predicted octanol–water partition coefficient (Wildman–Crippen LogP) is 3.07. The highest BCUT2D eigenvalue weighted by Crippen LogP contribution is 2.21. The number of hydrogen-bond acceptors (Lipinski definition) is 1. The molecule has 0 heterocycles. The normalized spacial score (nSPS) is 13.0. The molecule has 0 fully saturated rings. The second-order valence-electron chi connectivity index (χ2n) is 2.90. The third kappa shape index (κ3) is 1.80. The standard InChI is InChI=1S/C10H7ClO2S/c11-9-3-1-7-2-4-10(14(12)13)6-8(7)5-9/h1-6H,(H,12,13). The summed E-state index contributed by atoms with van der Waals surface area (Å²) < 4.78 is 19.7. The van der Waals surface area contributed by atoms with Crippen molar-refractivity contribution in [2.24, 2.45) is 0 Å². The smallest absolute Gasteiger partial charge is 0.186 e. The lowest BCUT2D eigenvalue weighted by molar-refractivity contribution is 0.564. The van der Waals surface area contributed by atoms with E-state index in [-0.39, 0.29) is 0 Å². The molecule has 0 aliphatic rings. The van der Waals surface area contributed by atoms with E-state index in [9.17, 15) is 4.21 Å². The van der Waals surface area contributed by atoms with Crippen LogP contribution < -0.4 is 0 Å². The first kappa shape index (κ1) is 9.65. The van der Waals surface area contributed by atoms with E-state index in [2.05, 4.69) is 0 Å². The van der Waals surface area contributed by atoms with E-state index >= 15 is 0 Å². The van der Waals surface area contributed by atoms with Gasteiger partial charge in [-0.3, -0.25) is 0 Å².